The predicted molar refractivity (Wildman–Crippen MR) is 35.0 cm³/mol. The monoisotopic (exact) mass is 146 g/mol. The number of hydrogen-bond acceptors (Lipinski definition) is 1. The van der Waals surface area contributed by atoms with Crippen molar-refractivity contribution in [2.45, 2.75) is 0 Å². The number of allylic oxidation sites excluding steroid dienone is 3. The van der Waals surface area contributed by atoms with E-state index in [4.69, 9.17) is 23.2 Å². The fourth-order valence-electron chi connectivity index (χ4n) is 0.346. The van der Waals surface area contributed by atoms with E-state index in [1.54, 1.807) is 12.2 Å². The highest BCUT2D eigenvalue weighted by atomic mass is 35.5. The average molecular weight is 147 g/mol. The van der Waals surface area contributed by atoms with Gasteiger partial charge in [0.2, 0.25) is 10.3 Å². The topological polar surface area (TPSA) is 12.4 Å². The zero-order valence-corrected chi connectivity index (χ0v) is 5.37. The summed E-state index contributed by atoms with van der Waals surface area (Å²) in [6, 6.07) is 0. The van der Waals surface area contributed by atoms with Gasteiger partial charge >= 0.3 is 0 Å². The predicted octanol–water partition coefficient (Wildman–Crippen LogP) is 2.08. The first kappa shape index (κ1) is 5.77. The third kappa shape index (κ3) is 1.31. The van der Waals surface area contributed by atoms with Gasteiger partial charge in [-0.25, -0.2) is 0 Å². The van der Waals surface area contributed by atoms with Crippen LogP contribution in [0.15, 0.2) is 22.3 Å². The van der Waals surface area contributed by atoms with Crippen molar-refractivity contribution in [3.05, 3.63) is 23.4 Å². The molecule has 3 heteroatoms. The van der Waals surface area contributed by atoms with E-state index in [2.05, 4.69) is 11.1 Å². The van der Waals surface area contributed by atoms with Crippen molar-refractivity contribution in [2.75, 3.05) is 0 Å². The maximum Gasteiger partial charge on any atom is 0.249 e. The normalized spacial score (nSPS) is 16.8. The number of nitrogens with zero attached hydrogens (tertiary/aromatic N) is 1. The van der Waals surface area contributed by atoms with Crippen LogP contribution in [0.1, 0.15) is 0 Å². The summed E-state index contributed by atoms with van der Waals surface area (Å²) < 4.78 is 0. The molecule has 0 aliphatic carbocycles. The molecule has 0 fully saturated rings. The Labute approximate surface area is 57.3 Å². The Morgan fingerprint density at radius 1 is 1.50 bits per heavy atom. The van der Waals surface area contributed by atoms with Gasteiger partial charge in [0.15, 0.2) is 0 Å². The third-order valence-corrected chi connectivity index (χ3v) is 1.01. The summed E-state index contributed by atoms with van der Waals surface area (Å²) in [7, 11) is 0. The standard InChI is InChI=1S/C5H2Cl2N/c6-4-2-1-3-5(7)8-4/h2-3H/q+1. The molecule has 40 valence electrons. The van der Waals surface area contributed by atoms with E-state index in [1.807, 2.05) is 0 Å². The Morgan fingerprint density at radius 3 is 2.62 bits per heavy atom. The van der Waals surface area contributed by atoms with Crippen LogP contribution in [-0.2, 0) is 0 Å². The second kappa shape index (κ2) is 2.27. The lowest BCUT2D eigenvalue weighted by Gasteiger charge is -1.79. The summed E-state index contributed by atoms with van der Waals surface area (Å²) in [4.78, 5) is 3.67. The van der Waals surface area contributed by atoms with Crippen molar-refractivity contribution in [2.24, 2.45) is 4.99 Å². The quantitative estimate of drug-likeness (QED) is 0.367. The van der Waals surface area contributed by atoms with Gasteiger partial charge in [-0.05, 0) is 0 Å². The molecule has 0 N–H and O–H groups in total. The largest absolute Gasteiger partial charge is 0.249 e. The van der Waals surface area contributed by atoms with Crippen molar-refractivity contribution in [1.82, 2.24) is 0 Å². The maximum absolute atomic E-state index is 5.42. The molecule has 0 aromatic carbocycles. The molecule has 0 radical (unpaired) electrons. The molecule has 1 rings (SSSR count). The minimum atomic E-state index is 0.373. The lowest BCUT2D eigenvalue weighted by molar-refractivity contribution is 1.49. The van der Waals surface area contributed by atoms with E-state index < -0.39 is 0 Å². The smallest absolute Gasteiger partial charge is 0.0919 e. The van der Waals surface area contributed by atoms with Gasteiger partial charge in [-0.3, -0.25) is 0 Å². The van der Waals surface area contributed by atoms with Crippen LogP contribution in [-0.4, -0.2) is 5.17 Å². The molecule has 0 aromatic heterocycles. The van der Waals surface area contributed by atoms with Gasteiger partial charge < -0.3 is 0 Å². The number of aliphatic imine (C=N–C) groups is 1. The van der Waals surface area contributed by atoms with Gasteiger partial charge in [0.05, 0.1) is 0 Å². The van der Waals surface area contributed by atoms with Crippen LogP contribution >= 0.6 is 23.2 Å². The summed E-state index contributed by atoms with van der Waals surface area (Å²) in [5, 5.41) is 0.745. The molecular formula is C5H2Cl2N+. The van der Waals surface area contributed by atoms with Crippen molar-refractivity contribution in [3.63, 3.8) is 0 Å². The summed E-state index contributed by atoms with van der Waals surface area (Å²) in [6.45, 7) is 0. The van der Waals surface area contributed by atoms with Crippen LogP contribution in [0.25, 0.3) is 0 Å². The Hall–Kier alpha value is -0.360. The molecule has 1 aliphatic rings. The lowest BCUT2D eigenvalue weighted by atomic mass is 10.4. The van der Waals surface area contributed by atoms with E-state index in [-0.39, 0.29) is 0 Å². The molecule has 1 nitrogen and oxygen atoms in total. The minimum absolute atomic E-state index is 0.373. The van der Waals surface area contributed by atoms with E-state index >= 15 is 0 Å². The molecule has 0 aromatic rings. The Balaban J connectivity index is 2.89. The van der Waals surface area contributed by atoms with Gasteiger partial charge in [-0.2, -0.15) is 0 Å². The molecule has 0 saturated heterocycles. The average Bonchev–Trinajstić information content (AvgIpc) is 1.64. The van der Waals surface area contributed by atoms with Crippen LogP contribution in [0, 0.1) is 6.08 Å². The first-order valence-electron chi connectivity index (χ1n) is 1.98. The number of hydrogen-bond donors (Lipinski definition) is 0. The molecule has 1 heterocycles. The fourth-order valence-corrected chi connectivity index (χ4v) is 0.697. The molecule has 0 amide bonds. The van der Waals surface area contributed by atoms with Gasteiger partial charge in [0.1, 0.15) is 12.2 Å². The lowest BCUT2D eigenvalue weighted by Crippen LogP contribution is -1.83. The summed E-state index contributed by atoms with van der Waals surface area (Å²) >= 11 is 10.8. The van der Waals surface area contributed by atoms with Crippen molar-refractivity contribution in [3.8, 4) is 0 Å². The van der Waals surface area contributed by atoms with Crippen LogP contribution in [0.5, 0.6) is 0 Å². The van der Waals surface area contributed by atoms with Crippen LogP contribution in [0.4, 0.5) is 0 Å². The summed E-state index contributed by atoms with van der Waals surface area (Å²) in [5.74, 6) is 0. The number of halogens is 2. The molecule has 0 saturated carbocycles. The van der Waals surface area contributed by atoms with E-state index in [0.717, 1.165) is 0 Å². The third-order valence-electron chi connectivity index (χ3n) is 0.618. The zero-order chi connectivity index (χ0) is 5.98. The van der Waals surface area contributed by atoms with Crippen molar-refractivity contribution in [1.29, 1.82) is 0 Å². The fraction of sp³-hybridized carbons (Fsp3) is 0. The second-order valence-electron chi connectivity index (χ2n) is 1.21. The van der Waals surface area contributed by atoms with Gasteiger partial charge in [0.25, 0.3) is 0 Å². The van der Waals surface area contributed by atoms with Gasteiger partial charge in [0, 0.05) is 29.3 Å². The summed E-state index contributed by atoms with van der Waals surface area (Å²) in [6.07, 6.45) is 5.80. The first-order valence-corrected chi connectivity index (χ1v) is 2.74. The Morgan fingerprint density at radius 2 is 2.25 bits per heavy atom. The molecule has 1 aliphatic heterocycles. The van der Waals surface area contributed by atoms with Crippen LogP contribution < -0.4 is 0 Å². The SMILES string of the molecule is ClC1=C[C+]=CC(Cl)=N1. The van der Waals surface area contributed by atoms with Gasteiger partial charge in [-0.15, -0.1) is 0 Å². The van der Waals surface area contributed by atoms with Crippen molar-refractivity contribution >= 4 is 28.4 Å². The molecule has 0 unspecified atom stereocenters. The highest BCUT2D eigenvalue weighted by Crippen LogP contribution is 2.09. The number of rotatable bonds is 0. The highest BCUT2D eigenvalue weighted by molar-refractivity contribution is 6.68. The zero-order valence-electron chi connectivity index (χ0n) is 3.86. The molecule has 0 bridgehead atoms. The Kier molecular flexibility index (Phi) is 1.64. The highest BCUT2D eigenvalue weighted by Gasteiger charge is 2.05. The van der Waals surface area contributed by atoms with Crippen LogP contribution in [0.3, 0.4) is 0 Å². The van der Waals surface area contributed by atoms with Crippen molar-refractivity contribution < 1.29 is 0 Å². The van der Waals surface area contributed by atoms with Gasteiger partial charge in [-0.1, -0.05) is 4.99 Å². The maximum atomic E-state index is 5.42. The molecule has 0 atom stereocenters. The van der Waals surface area contributed by atoms with E-state index in [9.17, 15) is 0 Å². The molecule has 8 heavy (non-hydrogen) atoms. The minimum Gasteiger partial charge on any atom is -0.0919 e. The molecular weight excluding hydrogens is 145 g/mol. The first-order chi connectivity index (χ1) is 3.79. The Bertz CT molecular complexity index is 176. The summed E-state index contributed by atoms with van der Waals surface area (Å²) in [5.41, 5.74) is 0. The van der Waals surface area contributed by atoms with E-state index in [0.29, 0.717) is 10.3 Å². The van der Waals surface area contributed by atoms with Crippen LogP contribution in [0.2, 0.25) is 0 Å². The second-order valence-corrected chi connectivity index (χ2v) is 1.99. The molecule has 0 spiro atoms. The van der Waals surface area contributed by atoms with E-state index in [1.165, 1.54) is 0 Å².